The molecule has 0 aliphatic carbocycles. The minimum atomic E-state index is -3.51. The number of carbonyl (C=O) groups excluding carboxylic acids is 2. The molecular weight excluding hydrogens is 406 g/mol. The van der Waals surface area contributed by atoms with Crippen molar-refractivity contribution in [3.8, 4) is 0 Å². The molecule has 0 spiro atoms. The Hall–Kier alpha value is -1.97. The number of anilines is 1. The van der Waals surface area contributed by atoms with Crippen LogP contribution in [0, 0.1) is 5.92 Å². The quantitative estimate of drug-likeness (QED) is 0.593. The normalized spacial score (nSPS) is 16.7. The lowest BCUT2D eigenvalue weighted by Gasteiger charge is -2.22. The van der Waals surface area contributed by atoms with Gasteiger partial charge in [-0.25, -0.2) is 8.42 Å². The molecule has 1 unspecified atom stereocenters. The van der Waals surface area contributed by atoms with Gasteiger partial charge in [-0.15, -0.1) is 0 Å². The van der Waals surface area contributed by atoms with Gasteiger partial charge in [-0.05, 0) is 43.7 Å². The molecule has 8 nitrogen and oxygen atoms in total. The Morgan fingerprint density at radius 1 is 1.13 bits per heavy atom. The largest absolute Gasteiger partial charge is 0.469 e. The molecule has 1 aromatic carbocycles. The Kier molecular flexibility index (Phi) is 9.26. The van der Waals surface area contributed by atoms with E-state index in [4.69, 9.17) is 4.74 Å². The van der Waals surface area contributed by atoms with E-state index in [1.807, 2.05) is 11.8 Å². The second-order valence-electron chi connectivity index (χ2n) is 7.64. The molecule has 30 heavy (non-hydrogen) atoms. The summed E-state index contributed by atoms with van der Waals surface area (Å²) in [6.45, 7) is 5.95. The van der Waals surface area contributed by atoms with Gasteiger partial charge in [0, 0.05) is 25.3 Å². The highest BCUT2D eigenvalue weighted by Gasteiger charge is 2.25. The van der Waals surface area contributed by atoms with Gasteiger partial charge in [-0.1, -0.05) is 26.7 Å². The van der Waals surface area contributed by atoms with Gasteiger partial charge in [0.25, 0.3) is 0 Å². The summed E-state index contributed by atoms with van der Waals surface area (Å²) in [5, 5.41) is 2.79. The molecule has 1 atom stereocenters. The summed E-state index contributed by atoms with van der Waals surface area (Å²) in [6.07, 6.45) is 3.89. The monoisotopic (exact) mass is 439 g/mol. The van der Waals surface area contributed by atoms with Gasteiger partial charge in [-0.2, -0.15) is 4.31 Å². The molecule has 0 bridgehead atoms. The topological polar surface area (TPSA) is 96.0 Å². The summed E-state index contributed by atoms with van der Waals surface area (Å²) in [6, 6.07) is 6.28. The molecule has 2 rings (SSSR count). The van der Waals surface area contributed by atoms with Crippen molar-refractivity contribution in [3.63, 3.8) is 0 Å². The number of benzene rings is 1. The summed E-state index contributed by atoms with van der Waals surface area (Å²) in [4.78, 5) is 26.1. The minimum Gasteiger partial charge on any atom is -0.469 e. The third kappa shape index (κ3) is 6.78. The zero-order valence-corrected chi connectivity index (χ0v) is 18.9. The Balaban J connectivity index is 1.95. The zero-order valence-electron chi connectivity index (χ0n) is 18.1. The Bertz CT molecular complexity index is 802. The molecular formula is C21H33N3O5S. The van der Waals surface area contributed by atoms with Gasteiger partial charge in [0.05, 0.1) is 24.5 Å². The number of hydrogen-bond donors (Lipinski definition) is 1. The summed E-state index contributed by atoms with van der Waals surface area (Å²) in [5.74, 6) is -0.863. The van der Waals surface area contributed by atoms with E-state index in [9.17, 15) is 18.0 Å². The van der Waals surface area contributed by atoms with E-state index in [1.54, 1.807) is 23.4 Å². The smallest absolute Gasteiger partial charge is 0.309 e. The van der Waals surface area contributed by atoms with Crippen LogP contribution in [-0.2, 0) is 24.3 Å². The Morgan fingerprint density at radius 2 is 1.73 bits per heavy atom. The van der Waals surface area contributed by atoms with Crippen molar-refractivity contribution in [2.24, 2.45) is 5.92 Å². The molecule has 1 aromatic rings. The van der Waals surface area contributed by atoms with Crippen LogP contribution in [0.3, 0.4) is 0 Å². The van der Waals surface area contributed by atoms with Crippen LogP contribution in [0.1, 0.15) is 39.5 Å². The standard InChI is InChI=1S/C21H33N3O5S/c1-4-23(15-17(2)21(26)29-3)16-20(25)22-18-9-11-19(12-10-18)30(27,28)24-13-7-5-6-8-14-24/h9-12,17H,4-8,13-16H2,1-3H3,(H,22,25). The SMILES string of the molecule is CCN(CC(=O)Nc1ccc(S(=O)(=O)N2CCCCCC2)cc1)CC(C)C(=O)OC. The highest BCUT2D eigenvalue weighted by molar-refractivity contribution is 7.89. The Morgan fingerprint density at radius 3 is 2.27 bits per heavy atom. The maximum Gasteiger partial charge on any atom is 0.309 e. The van der Waals surface area contributed by atoms with Crippen molar-refractivity contribution >= 4 is 27.6 Å². The lowest BCUT2D eigenvalue weighted by Crippen LogP contribution is -2.38. The van der Waals surface area contributed by atoms with Crippen molar-refractivity contribution in [2.45, 2.75) is 44.4 Å². The number of hydrogen-bond acceptors (Lipinski definition) is 6. The van der Waals surface area contributed by atoms with E-state index in [1.165, 1.54) is 19.2 Å². The second-order valence-corrected chi connectivity index (χ2v) is 9.58. The van der Waals surface area contributed by atoms with E-state index in [-0.39, 0.29) is 29.2 Å². The molecule has 0 aromatic heterocycles. The maximum absolute atomic E-state index is 12.8. The van der Waals surface area contributed by atoms with Crippen molar-refractivity contribution < 1.29 is 22.7 Å². The third-order valence-corrected chi connectivity index (χ3v) is 7.20. The van der Waals surface area contributed by atoms with Gasteiger partial charge in [0.1, 0.15) is 0 Å². The molecule has 1 aliphatic rings. The number of carbonyl (C=O) groups is 2. The predicted octanol–water partition coefficient (Wildman–Crippen LogP) is 2.32. The second kappa shape index (κ2) is 11.4. The number of rotatable bonds is 9. The third-order valence-electron chi connectivity index (χ3n) is 5.29. The number of nitrogens with one attached hydrogen (secondary N) is 1. The summed E-state index contributed by atoms with van der Waals surface area (Å²) < 4.78 is 31.9. The minimum absolute atomic E-state index is 0.131. The number of nitrogens with zero attached hydrogens (tertiary/aromatic N) is 2. The fraction of sp³-hybridized carbons (Fsp3) is 0.619. The van der Waals surface area contributed by atoms with Gasteiger partial charge < -0.3 is 10.1 Å². The van der Waals surface area contributed by atoms with Crippen LogP contribution in [0.2, 0.25) is 0 Å². The van der Waals surface area contributed by atoms with E-state index in [0.29, 0.717) is 31.9 Å². The van der Waals surface area contributed by atoms with Gasteiger partial charge >= 0.3 is 5.97 Å². The van der Waals surface area contributed by atoms with Crippen LogP contribution in [0.25, 0.3) is 0 Å². The average molecular weight is 440 g/mol. The molecule has 1 saturated heterocycles. The van der Waals surface area contributed by atoms with Crippen molar-refractivity contribution in [2.75, 3.05) is 45.2 Å². The van der Waals surface area contributed by atoms with Crippen molar-refractivity contribution in [1.29, 1.82) is 0 Å². The first-order chi connectivity index (χ1) is 14.3. The highest BCUT2D eigenvalue weighted by Crippen LogP contribution is 2.21. The summed E-state index contributed by atoms with van der Waals surface area (Å²) in [5.41, 5.74) is 0.534. The molecule has 1 aliphatic heterocycles. The number of esters is 1. The molecule has 168 valence electrons. The van der Waals surface area contributed by atoms with Crippen LogP contribution in [0.5, 0.6) is 0 Å². The lowest BCUT2D eigenvalue weighted by atomic mass is 10.1. The number of methoxy groups -OCH3 is 1. The molecule has 0 radical (unpaired) electrons. The number of sulfonamides is 1. The molecule has 9 heteroatoms. The molecule has 1 amide bonds. The van der Waals surface area contributed by atoms with Crippen LogP contribution in [0.4, 0.5) is 5.69 Å². The number of ether oxygens (including phenoxy) is 1. The van der Waals surface area contributed by atoms with Crippen molar-refractivity contribution in [3.05, 3.63) is 24.3 Å². The number of amides is 1. The van der Waals surface area contributed by atoms with Gasteiger partial charge in [0.15, 0.2) is 0 Å². The predicted molar refractivity (Wildman–Crippen MR) is 116 cm³/mol. The molecule has 1 N–H and O–H groups in total. The molecule has 1 fully saturated rings. The highest BCUT2D eigenvalue weighted by atomic mass is 32.2. The van der Waals surface area contributed by atoms with E-state index in [0.717, 1.165) is 25.7 Å². The number of likely N-dealkylation sites (N-methyl/N-ethyl adjacent to an activating group) is 1. The van der Waals surface area contributed by atoms with Gasteiger partial charge in [0.2, 0.25) is 15.9 Å². The van der Waals surface area contributed by atoms with Crippen LogP contribution >= 0.6 is 0 Å². The Labute approximate surface area is 179 Å². The van der Waals surface area contributed by atoms with Crippen LogP contribution in [-0.4, -0.2) is 69.3 Å². The van der Waals surface area contributed by atoms with Gasteiger partial charge in [-0.3, -0.25) is 14.5 Å². The first kappa shape index (κ1) is 24.3. The van der Waals surface area contributed by atoms with Crippen LogP contribution in [0.15, 0.2) is 29.2 Å². The van der Waals surface area contributed by atoms with Crippen molar-refractivity contribution in [1.82, 2.24) is 9.21 Å². The van der Waals surface area contributed by atoms with Crippen LogP contribution < -0.4 is 5.32 Å². The van der Waals surface area contributed by atoms with E-state index in [2.05, 4.69) is 5.32 Å². The molecule has 1 heterocycles. The summed E-state index contributed by atoms with van der Waals surface area (Å²) >= 11 is 0. The maximum atomic E-state index is 12.8. The molecule has 0 saturated carbocycles. The fourth-order valence-electron chi connectivity index (χ4n) is 3.51. The summed E-state index contributed by atoms with van der Waals surface area (Å²) in [7, 11) is -2.16. The lowest BCUT2D eigenvalue weighted by molar-refractivity contribution is -0.145. The van der Waals surface area contributed by atoms with E-state index < -0.39 is 10.0 Å². The van der Waals surface area contributed by atoms with E-state index >= 15 is 0 Å². The average Bonchev–Trinajstić information content (AvgIpc) is 3.03. The zero-order chi connectivity index (χ0) is 22.1. The first-order valence-electron chi connectivity index (χ1n) is 10.5. The first-order valence-corrected chi connectivity index (χ1v) is 11.9. The fourth-order valence-corrected chi connectivity index (χ4v) is 5.03.